The van der Waals surface area contributed by atoms with Crippen LogP contribution in [0.3, 0.4) is 0 Å². The predicted octanol–water partition coefficient (Wildman–Crippen LogP) is 4.16. The van der Waals surface area contributed by atoms with Gasteiger partial charge in [0.2, 0.25) is 17.7 Å². The quantitative estimate of drug-likeness (QED) is 0.569. The van der Waals surface area contributed by atoms with E-state index in [0.29, 0.717) is 17.1 Å². The molecule has 2 fully saturated rings. The van der Waals surface area contributed by atoms with Gasteiger partial charge in [0.05, 0.1) is 30.7 Å². The molecule has 0 saturated carbocycles. The number of rotatable bonds is 4. The van der Waals surface area contributed by atoms with Gasteiger partial charge in [0, 0.05) is 11.9 Å². The van der Waals surface area contributed by atoms with Crippen LogP contribution in [0, 0.1) is 18.8 Å². The fraction of sp³-hybridized carbons (Fsp3) is 0.207. The van der Waals surface area contributed by atoms with Crippen LogP contribution in [-0.4, -0.2) is 35.8 Å². The van der Waals surface area contributed by atoms with Crippen LogP contribution in [0.15, 0.2) is 79.0 Å². The second kappa shape index (κ2) is 8.37. The Balaban J connectivity index is 1.41. The number of fused-ring (bicyclic) bond motifs is 5. The van der Waals surface area contributed by atoms with Gasteiger partial charge >= 0.3 is 0 Å². The lowest BCUT2D eigenvalue weighted by molar-refractivity contribution is -0.128. The summed E-state index contributed by atoms with van der Waals surface area (Å²) in [5.41, 5.74) is 4.09. The third-order valence-electron chi connectivity index (χ3n) is 7.38. The van der Waals surface area contributed by atoms with E-state index in [-0.39, 0.29) is 17.7 Å². The Labute approximate surface area is 209 Å². The molecule has 3 amide bonds. The summed E-state index contributed by atoms with van der Waals surface area (Å²) in [6.07, 6.45) is 3.79. The number of carbonyl (C=O) groups is 3. The van der Waals surface area contributed by atoms with Crippen LogP contribution in [0.25, 0.3) is 6.08 Å². The zero-order valence-electron chi connectivity index (χ0n) is 19.9. The molecule has 36 heavy (non-hydrogen) atoms. The molecule has 0 aromatic heterocycles. The minimum absolute atomic E-state index is 0.270. The highest BCUT2D eigenvalue weighted by Gasteiger charge is 2.64. The number of imide groups is 1. The molecule has 4 unspecified atom stereocenters. The average molecular weight is 480 g/mol. The van der Waals surface area contributed by atoms with E-state index in [9.17, 15) is 14.4 Å². The molecule has 0 spiro atoms. The Morgan fingerprint density at radius 3 is 2.31 bits per heavy atom. The maximum Gasteiger partial charge on any atom is 0.247 e. The summed E-state index contributed by atoms with van der Waals surface area (Å²) in [6, 6.07) is 20.9. The molecule has 7 nitrogen and oxygen atoms in total. The third-order valence-corrected chi connectivity index (χ3v) is 7.38. The fourth-order valence-corrected chi connectivity index (χ4v) is 5.70. The van der Waals surface area contributed by atoms with Crippen molar-refractivity contribution in [2.45, 2.75) is 19.0 Å². The molecule has 7 heteroatoms. The second-order valence-electron chi connectivity index (χ2n) is 9.40. The van der Waals surface area contributed by atoms with Crippen molar-refractivity contribution in [2.75, 3.05) is 17.3 Å². The standard InChI is InChI=1S/C29H25N3O4/c1-17-7-11-20(12-8-17)32-28(34)23-24(29(32)35)26(27(33)30-19-9-13-21(36-2)14-10-19)31-16-15-18-5-3-4-6-22(18)25(23)31/h3-16,23-26H,1-2H3,(H,30,33). The first-order valence-electron chi connectivity index (χ1n) is 11.9. The number of hydrogen-bond donors (Lipinski definition) is 1. The van der Waals surface area contributed by atoms with Crippen LogP contribution in [0.5, 0.6) is 5.75 Å². The van der Waals surface area contributed by atoms with Crippen LogP contribution in [0.1, 0.15) is 22.7 Å². The molecule has 180 valence electrons. The van der Waals surface area contributed by atoms with Gasteiger partial charge in [-0.05, 0) is 60.5 Å². The number of benzene rings is 3. The Morgan fingerprint density at radius 2 is 1.58 bits per heavy atom. The van der Waals surface area contributed by atoms with Gasteiger partial charge in [-0.25, -0.2) is 4.90 Å². The van der Waals surface area contributed by atoms with E-state index >= 15 is 0 Å². The maximum atomic E-state index is 13.9. The summed E-state index contributed by atoms with van der Waals surface area (Å²) < 4.78 is 5.20. The van der Waals surface area contributed by atoms with E-state index in [4.69, 9.17) is 4.74 Å². The third kappa shape index (κ3) is 3.31. The fourth-order valence-electron chi connectivity index (χ4n) is 5.70. The lowest BCUT2D eigenvalue weighted by Crippen LogP contribution is -2.46. The van der Waals surface area contributed by atoms with Crippen LogP contribution >= 0.6 is 0 Å². The molecule has 1 N–H and O–H groups in total. The van der Waals surface area contributed by atoms with Gasteiger partial charge in [-0.2, -0.15) is 0 Å². The minimum Gasteiger partial charge on any atom is -0.497 e. The number of carbonyl (C=O) groups excluding carboxylic acids is 3. The molecule has 3 aliphatic rings. The van der Waals surface area contributed by atoms with Crippen molar-refractivity contribution < 1.29 is 19.1 Å². The van der Waals surface area contributed by atoms with Gasteiger partial charge in [-0.3, -0.25) is 14.4 Å². The molecule has 3 heterocycles. The second-order valence-corrected chi connectivity index (χ2v) is 9.40. The van der Waals surface area contributed by atoms with Crippen molar-refractivity contribution in [1.29, 1.82) is 0 Å². The number of ether oxygens (including phenoxy) is 1. The highest BCUT2D eigenvalue weighted by molar-refractivity contribution is 6.24. The Morgan fingerprint density at radius 1 is 0.889 bits per heavy atom. The van der Waals surface area contributed by atoms with E-state index < -0.39 is 23.9 Å². The minimum atomic E-state index is -0.835. The highest BCUT2D eigenvalue weighted by Crippen LogP contribution is 2.53. The number of aryl methyl sites for hydroxylation is 1. The van der Waals surface area contributed by atoms with Crippen LogP contribution < -0.4 is 15.0 Å². The Bertz CT molecular complexity index is 1400. The zero-order valence-corrected chi connectivity index (χ0v) is 19.9. The topological polar surface area (TPSA) is 79.0 Å². The SMILES string of the molecule is COc1ccc(NC(=O)C2C3C(=O)N(c4ccc(C)cc4)C(=O)C3C3c4ccccc4C=CN23)cc1. The van der Waals surface area contributed by atoms with Crippen LogP contribution in [0.2, 0.25) is 0 Å². The number of hydrogen-bond acceptors (Lipinski definition) is 5. The van der Waals surface area contributed by atoms with Crippen molar-refractivity contribution >= 4 is 35.2 Å². The monoisotopic (exact) mass is 479 g/mol. The molecule has 4 atom stereocenters. The smallest absolute Gasteiger partial charge is 0.247 e. The van der Waals surface area contributed by atoms with Crippen LogP contribution in [0.4, 0.5) is 11.4 Å². The van der Waals surface area contributed by atoms with Crippen molar-refractivity contribution in [1.82, 2.24) is 4.90 Å². The molecular formula is C29H25N3O4. The number of methoxy groups -OCH3 is 1. The van der Waals surface area contributed by atoms with Crippen molar-refractivity contribution in [3.63, 3.8) is 0 Å². The summed E-state index contributed by atoms with van der Waals surface area (Å²) in [5, 5.41) is 2.95. The summed E-state index contributed by atoms with van der Waals surface area (Å²) in [7, 11) is 1.58. The molecule has 3 aromatic rings. The molecule has 0 radical (unpaired) electrons. The summed E-state index contributed by atoms with van der Waals surface area (Å²) in [5.74, 6) is -1.74. The van der Waals surface area contributed by atoms with E-state index in [1.165, 1.54) is 4.90 Å². The lowest BCUT2D eigenvalue weighted by Gasteiger charge is -2.35. The van der Waals surface area contributed by atoms with E-state index in [2.05, 4.69) is 5.32 Å². The normalized spacial score (nSPS) is 23.8. The molecule has 6 rings (SSSR count). The summed E-state index contributed by atoms with van der Waals surface area (Å²) in [6.45, 7) is 1.95. The Kier molecular flexibility index (Phi) is 5.14. The average Bonchev–Trinajstić information content (AvgIpc) is 3.37. The molecular weight excluding hydrogens is 454 g/mol. The lowest BCUT2D eigenvalue weighted by atomic mass is 9.84. The van der Waals surface area contributed by atoms with E-state index in [1.54, 1.807) is 43.5 Å². The number of nitrogens with zero attached hydrogens (tertiary/aromatic N) is 2. The van der Waals surface area contributed by atoms with Crippen LogP contribution in [-0.2, 0) is 14.4 Å². The summed E-state index contributed by atoms with van der Waals surface area (Å²) in [4.78, 5) is 44.6. The zero-order chi connectivity index (χ0) is 25.0. The predicted molar refractivity (Wildman–Crippen MR) is 136 cm³/mol. The van der Waals surface area contributed by atoms with Crippen molar-refractivity contribution in [3.8, 4) is 5.75 Å². The van der Waals surface area contributed by atoms with Gasteiger partial charge in [0.15, 0.2) is 0 Å². The first-order chi connectivity index (χ1) is 17.5. The number of amides is 3. The van der Waals surface area contributed by atoms with Gasteiger partial charge in [-0.15, -0.1) is 0 Å². The Hall–Kier alpha value is -4.39. The van der Waals surface area contributed by atoms with Gasteiger partial charge in [0.25, 0.3) is 0 Å². The molecule has 0 bridgehead atoms. The first kappa shape index (κ1) is 22.1. The molecule has 3 aromatic carbocycles. The molecule has 2 saturated heterocycles. The van der Waals surface area contributed by atoms with Crippen molar-refractivity contribution in [3.05, 3.63) is 95.7 Å². The maximum absolute atomic E-state index is 13.9. The highest BCUT2D eigenvalue weighted by atomic mass is 16.5. The molecule has 0 aliphatic carbocycles. The number of nitrogens with one attached hydrogen (secondary N) is 1. The van der Waals surface area contributed by atoms with Gasteiger partial charge in [-0.1, -0.05) is 42.0 Å². The van der Waals surface area contributed by atoms with Gasteiger partial charge < -0.3 is 15.0 Å². The first-order valence-corrected chi connectivity index (χ1v) is 11.9. The van der Waals surface area contributed by atoms with Gasteiger partial charge in [0.1, 0.15) is 11.8 Å². The molecule has 3 aliphatic heterocycles. The van der Waals surface area contributed by atoms with Crippen molar-refractivity contribution in [2.24, 2.45) is 11.8 Å². The number of anilines is 2. The van der Waals surface area contributed by atoms with E-state index in [1.807, 2.05) is 60.5 Å². The largest absolute Gasteiger partial charge is 0.497 e. The summed E-state index contributed by atoms with van der Waals surface area (Å²) >= 11 is 0. The van der Waals surface area contributed by atoms with E-state index in [0.717, 1.165) is 16.7 Å².